The monoisotopic (exact) mass is 155 g/mol. The zero-order valence-corrected chi connectivity index (χ0v) is 6.35. The predicted molar refractivity (Wildman–Crippen MR) is 47.1 cm³/mol. The van der Waals surface area contributed by atoms with Crippen molar-refractivity contribution in [3.05, 3.63) is 12.2 Å². The molecule has 1 atom stereocenters. The fourth-order valence-corrected chi connectivity index (χ4v) is 0.406. The Kier molecular flexibility index (Phi) is 6.46. The molecular formula is C7H13N3O. The van der Waals surface area contributed by atoms with Crippen molar-refractivity contribution in [1.29, 1.82) is 0 Å². The molecule has 0 bridgehead atoms. The Labute approximate surface area is 66.2 Å². The molecule has 1 unspecified atom stereocenters. The lowest BCUT2D eigenvalue weighted by molar-refractivity contribution is 0.194. The van der Waals surface area contributed by atoms with Crippen molar-refractivity contribution in [3.63, 3.8) is 0 Å². The summed E-state index contributed by atoms with van der Waals surface area (Å²) in [5.74, 6) is 0. The number of hydrogen-bond acceptors (Lipinski definition) is 4. The summed E-state index contributed by atoms with van der Waals surface area (Å²) in [6.45, 7) is 4.00. The first-order valence-corrected chi connectivity index (χ1v) is 3.30. The Balaban J connectivity index is 3.49. The van der Waals surface area contributed by atoms with Gasteiger partial charge in [0.2, 0.25) is 0 Å². The van der Waals surface area contributed by atoms with Gasteiger partial charge in [-0.1, -0.05) is 6.08 Å². The van der Waals surface area contributed by atoms with E-state index in [1.165, 1.54) is 6.21 Å². The smallest absolute Gasteiger partial charge is 0.157 e. The SMILES string of the molecule is C=NC/C=C\C=NC(O)CN. The topological polar surface area (TPSA) is 71.0 Å². The molecule has 11 heavy (non-hydrogen) atoms. The van der Waals surface area contributed by atoms with E-state index in [4.69, 9.17) is 10.8 Å². The lowest BCUT2D eigenvalue weighted by atomic mass is 10.5. The Bertz CT molecular complexity index is 154. The molecule has 0 saturated heterocycles. The average Bonchev–Trinajstić information content (AvgIpc) is 2.04. The van der Waals surface area contributed by atoms with Gasteiger partial charge in [-0.25, -0.2) is 0 Å². The number of hydrogen-bond donors (Lipinski definition) is 2. The number of aliphatic imine (C=N–C) groups is 2. The van der Waals surface area contributed by atoms with Gasteiger partial charge in [-0.2, -0.15) is 0 Å². The van der Waals surface area contributed by atoms with Gasteiger partial charge in [0.15, 0.2) is 6.23 Å². The van der Waals surface area contributed by atoms with E-state index >= 15 is 0 Å². The highest BCUT2D eigenvalue weighted by Gasteiger charge is 1.89. The van der Waals surface area contributed by atoms with E-state index in [9.17, 15) is 0 Å². The first-order chi connectivity index (χ1) is 5.31. The molecule has 0 aliphatic carbocycles. The third-order valence-electron chi connectivity index (χ3n) is 0.926. The van der Waals surface area contributed by atoms with Crippen LogP contribution in [0.1, 0.15) is 0 Å². The first kappa shape index (κ1) is 10.0. The van der Waals surface area contributed by atoms with E-state index in [2.05, 4.69) is 16.7 Å². The minimum Gasteiger partial charge on any atom is -0.371 e. The fraction of sp³-hybridized carbons (Fsp3) is 0.429. The van der Waals surface area contributed by atoms with Crippen LogP contribution < -0.4 is 5.73 Å². The van der Waals surface area contributed by atoms with Crippen molar-refractivity contribution in [3.8, 4) is 0 Å². The molecule has 0 radical (unpaired) electrons. The number of aliphatic hydroxyl groups is 1. The highest BCUT2D eigenvalue weighted by molar-refractivity contribution is 5.71. The third kappa shape index (κ3) is 6.89. The minimum atomic E-state index is -0.795. The summed E-state index contributed by atoms with van der Waals surface area (Å²) in [4.78, 5) is 7.26. The van der Waals surface area contributed by atoms with E-state index in [0.29, 0.717) is 6.54 Å². The second-order valence-corrected chi connectivity index (χ2v) is 1.85. The molecule has 0 rings (SSSR count). The van der Waals surface area contributed by atoms with Gasteiger partial charge in [0.25, 0.3) is 0 Å². The van der Waals surface area contributed by atoms with Crippen LogP contribution >= 0.6 is 0 Å². The number of nitrogens with zero attached hydrogens (tertiary/aromatic N) is 2. The van der Waals surface area contributed by atoms with Crippen molar-refractivity contribution < 1.29 is 5.11 Å². The number of nitrogens with two attached hydrogens (primary N) is 1. The van der Waals surface area contributed by atoms with Crippen molar-refractivity contribution in [2.45, 2.75) is 6.23 Å². The van der Waals surface area contributed by atoms with Crippen LogP contribution in [0, 0.1) is 0 Å². The first-order valence-electron chi connectivity index (χ1n) is 3.30. The van der Waals surface area contributed by atoms with Gasteiger partial charge < -0.3 is 10.8 Å². The van der Waals surface area contributed by atoms with E-state index in [1.807, 2.05) is 0 Å². The van der Waals surface area contributed by atoms with Crippen LogP contribution in [-0.4, -0.2) is 37.4 Å². The van der Waals surface area contributed by atoms with E-state index in [1.54, 1.807) is 12.2 Å². The van der Waals surface area contributed by atoms with Crippen molar-refractivity contribution in [2.24, 2.45) is 15.7 Å². The molecule has 0 aliphatic heterocycles. The molecule has 4 heteroatoms. The van der Waals surface area contributed by atoms with Crippen LogP contribution in [0.4, 0.5) is 0 Å². The summed E-state index contributed by atoms with van der Waals surface area (Å²) in [5, 5.41) is 8.82. The second kappa shape index (κ2) is 7.11. The van der Waals surface area contributed by atoms with Crippen molar-refractivity contribution >= 4 is 12.9 Å². The van der Waals surface area contributed by atoms with Crippen molar-refractivity contribution in [1.82, 2.24) is 0 Å². The van der Waals surface area contributed by atoms with E-state index < -0.39 is 6.23 Å². The summed E-state index contributed by atoms with van der Waals surface area (Å²) >= 11 is 0. The Morgan fingerprint density at radius 1 is 1.64 bits per heavy atom. The Hall–Kier alpha value is -1.00. The highest BCUT2D eigenvalue weighted by atomic mass is 16.3. The molecule has 0 aromatic heterocycles. The molecule has 0 spiro atoms. The molecular weight excluding hydrogens is 142 g/mol. The van der Waals surface area contributed by atoms with Crippen LogP contribution in [-0.2, 0) is 0 Å². The van der Waals surface area contributed by atoms with Gasteiger partial charge in [0, 0.05) is 12.8 Å². The Morgan fingerprint density at radius 3 is 2.91 bits per heavy atom. The normalized spacial score (nSPS) is 14.4. The van der Waals surface area contributed by atoms with Gasteiger partial charge in [-0.05, 0) is 12.8 Å². The molecule has 0 aliphatic rings. The quantitative estimate of drug-likeness (QED) is 0.530. The lowest BCUT2D eigenvalue weighted by Crippen LogP contribution is -2.16. The fourth-order valence-electron chi connectivity index (χ4n) is 0.406. The number of aliphatic hydroxyl groups excluding tert-OH is 1. The standard InChI is InChI=1S/C7H13N3O/c1-9-4-2-3-5-10-7(11)6-8/h2-3,5,7,11H,1,4,6,8H2/b3-2-,10-5?. The molecule has 0 aromatic carbocycles. The maximum Gasteiger partial charge on any atom is 0.157 e. The maximum absolute atomic E-state index is 8.82. The Morgan fingerprint density at radius 2 is 2.36 bits per heavy atom. The molecule has 0 amide bonds. The van der Waals surface area contributed by atoms with Gasteiger partial charge in [0.1, 0.15) is 0 Å². The molecule has 0 fully saturated rings. The maximum atomic E-state index is 8.82. The predicted octanol–water partition coefficient (Wildman–Crippen LogP) is -0.409. The van der Waals surface area contributed by atoms with Crippen LogP contribution in [0.15, 0.2) is 22.1 Å². The number of rotatable bonds is 5. The second-order valence-electron chi connectivity index (χ2n) is 1.85. The molecule has 0 heterocycles. The highest BCUT2D eigenvalue weighted by Crippen LogP contribution is 1.79. The number of allylic oxidation sites excluding steroid dienone is 1. The van der Waals surface area contributed by atoms with Crippen LogP contribution in [0.2, 0.25) is 0 Å². The summed E-state index contributed by atoms with van der Waals surface area (Å²) in [6, 6.07) is 0. The van der Waals surface area contributed by atoms with Gasteiger partial charge in [-0.15, -0.1) is 0 Å². The van der Waals surface area contributed by atoms with E-state index in [0.717, 1.165) is 0 Å². The zero-order chi connectivity index (χ0) is 8.53. The lowest BCUT2D eigenvalue weighted by Gasteiger charge is -1.96. The van der Waals surface area contributed by atoms with Crippen LogP contribution in [0.25, 0.3) is 0 Å². The molecule has 0 aromatic rings. The van der Waals surface area contributed by atoms with Gasteiger partial charge in [0.05, 0.1) is 6.54 Å². The average molecular weight is 155 g/mol. The summed E-state index contributed by atoms with van der Waals surface area (Å²) in [7, 11) is 0. The molecule has 0 saturated carbocycles. The minimum absolute atomic E-state index is 0.143. The molecule has 3 N–H and O–H groups in total. The molecule has 62 valence electrons. The van der Waals surface area contributed by atoms with Gasteiger partial charge in [-0.3, -0.25) is 9.98 Å². The summed E-state index contributed by atoms with van der Waals surface area (Å²) in [5.41, 5.74) is 5.10. The summed E-state index contributed by atoms with van der Waals surface area (Å²) in [6.07, 6.45) is 4.16. The van der Waals surface area contributed by atoms with Gasteiger partial charge >= 0.3 is 0 Å². The molecule has 4 nitrogen and oxygen atoms in total. The van der Waals surface area contributed by atoms with Crippen molar-refractivity contribution in [2.75, 3.05) is 13.1 Å². The zero-order valence-electron chi connectivity index (χ0n) is 6.35. The summed E-state index contributed by atoms with van der Waals surface area (Å²) < 4.78 is 0. The largest absolute Gasteiger partial charge is 0.371 e. The van der Waals surface area contributed by atoms with Crippen LogP contribution in [0.3, 0.4) is 0 Å². The van der Waals surface area contributed by atoms with E-state index in [-0.39, 0.29) is 6.54 Å². The third-order valence-corrected chi connectivity index (χ3v) is 0.926. The van der Waals surface area contributed by atoms with Crippen LogP contribution in [0.5, 0.6) is 0 Å².